The first-order valence-electron chi connectivity index (χ1n) is 26.3. The number of rotatable bonds is 9. The van der Waals surface area contributed by atoms with Crippen LogP contribution in [0.3, 0.4) is 0 Å². The van der Waals surface area contributed by atoms with Gasteiger partial charge in [0.25, 0.3) is 0 Å². The van der Waals surface area contributed by atoms with Crippen LogP contribution < -0.4 is 0 Å². The van der Waals surface area contributed by atoms with Crippen molar-refractivity contribution in [2.75, 3.05) is 0 Å². The van der Waals surface area contributed by atoms with Crippen LogP contribution in [0, 0.1) is 39.0 Å². The topological polar surface area (TPSA) is 150 Å². The van der Waals surface area contributed by atoms with E-state index in [1.807, 2.05) is 107 Å². The predicted octanol–water partition coefficient (Wildman–Crippen LogP) is 15.2. The molecule has 0 N–H and O–H groups in total. The highest BCUT2D eigenvalue weighted by molar-refractivity contribution is 6.12. The number of nitrogens with zero attached hydrogens (tertiary/aromatic N) is 12. The van der Waals surface area contributed by atoms with Crippen LogP contribution in [0.5, 0.6) is 0 Å². The summed E-state index contributed by atoms with van der Waals surface area (Å²) in [5.41, 5.74) is 14.5. The molecule has 12 nitrogen and oxygen atoms in total. The standard InChI is InChI=1S/C68H46N12/c1-40-70-41(2)73-66(72-40)50-28-32-61-55(37-50)52-22-11-13-24-58(52)79(61)60-30-26-48(47-21-15-16-44(34-47)39-69)35-54(60)49-27-31-63(57(36-49)68-77-64(45-17-7-5-8-18-45)76-65(78-68)46-19-9-6-10-20-46)80-59-25-14-12-23-53(59)56-38-51(29-33-62(56)80)67-74-42(3)71-43(4)75-67/h5-38H,1-4H3. The summed E-state index contributed by atoms with van der Waals surface area (Å²) >= 11 is 0. The highest BCUT2D eigenvalue weighted by Crippen LogP contribution is 2.43. The molecule has 5 heterocycles. The normalized spacial score (nSPS) is 11.5. The average molecular weight is 1030 g/mol. The number of fused-ring (bicyclic) bond motifs is 6. The Morgan fingerprint density at radius 2 is 0.688 bits per heavy atom. The minimum Gasteiger partial charge on any atom is -0.309 e. The zero-order valence-electron chi connectivity index (χ0n) is 44.0. The largest absolute Gasteiger partial charge is 0.309 e. The summed E-state index contributed by atoms with van der Waals surface area (Å²) < 4.78 is 4.66. The van der Waals surface area contributed by atoms with Gasteiger partial charge in [0.2, 0.25) is 0 Å². The summed E-state index contributed by atoms with van der Waals surface area (Å²) in [7, 11) is 0. The molecule has 0 bridgehead atoms. The van der Waals surface area contributed by atoms with Gasteiger partial charge in [-0.3, -0.25) is 0 Å². The van der Waals surface area contributed by atoms with Gasteiger partial charge in [0.1, 0.15) is 23.3 Å². The Hall–Kier alpha value is -10.9. The molecule has 9 aromatic carbocycles. The molecule has 0 amide bonds. The molecule has 378 valence electrons. The Labute approximate surface area is 460 Å². The third kappa shape index (κ3) is 8.37. The molecular formula is C68H46N12. The first-order chi connectivity index (χ1) is 39.2. The Balaban J connectivity index is 1.06. The van der Waals surface area contributed by atoms with E-state index in [1.165, 1.54) is 0 Å². The van der Waals surface area contributed by atoms with E-state index < -0.39 is 0 Å². The highest BCUT2D eigenvalue weighted by atomic mass is 15.1. The molecule has 12 heteroatoms. The third-order valence-corrected chi connectivity index (χ3v) is 14.6. The van der Waals surface area contributed by atoms with Crippen LogP contribution in [0.2, 0.25) is 0 Å². The van der Waals surface area contributed by atoms with Gasteiger partial charge in [0.15, 0.2) is 29.1 Å². The number of para-hydroxylation sites is 2. The fraction of sp³-hybridized carbons (Fsp3) is 0.0588. The summed E-state index contributed by atoms with van der Waals surface area (Å²) in [6, 6.07) is 73.3. The summed E-state index contributed by atoms with van der Waals surface area (Å²) in [6.45, 7) is 7.58. The first kappa shape index (κ1) is 47.5. The van der Waals surface area contributed by atoms with Gasteiger partial charge in [-0.15, -0.1) is 0 Å². The molecule has 0 spiro atoms. The van der Waals surface area contributed by atoms with Crippen molar-refractivity contribution in [2.45, 2.75) is 27.7 Å². The Morgan fingerprint density at radius 1 is 0.287 bits per heavy atom. The van der Waals surface area contributed by atoms with Crippen LogP contribution in [0.15, 0.2) is 206 Å². The van der Waals surface area contributed by atoms with Crippen molar-refractivity contribution >= 4 is 43.6 Å². The van der Waals surface area contributed by atoms with Crippen molar-refractivity contribution in [1.29, 1.82) is 5.26 Å². The molecule has 80 heavy (non-hydrogen) atoms. The van der Waals surface area contributed by atoms with E-state index in [0.717, 1.165) is 105 Å². The van der Waals surface area contributed by atoms with Crippen LogP contribution in [0.25, 0.3) is 134 Å². The number of aromatic nitrogens is 11. The second-order valence-corrected chi connectivity index (χ2v) is 19.9. The van der Waals surface area contributed by atoms with Gasteiger partial charge in [-0.05, 0) is 129 Å². The molecule has 5 aromatic heterocycles. The molecule has 0 aliphatic carbocycles. The minimum atomic E-state index is 0.501. The quantitative estimate of drug-likeness (QED) is 0.137. The summed E-state index contributed by atoms with van der Waals surface area (Å²) in [4.78, 5) is 43.9. The molecule has 0 aliphatic heterocycles. The van der Waals surface area contributed by atoms with E-state index in [4.69, 9.17) is 34.9 Å². The fourth-order valence-corrected chi connectivity index (χ4v) is 11.1. The molecule has 14 rings (SSSR count). The maximum absolute atomic E-state index is 10.1. The lowest BCUT2D eigenvalue weighted by atomic mass is 9.94. The number of hydrogen-bond donors (Lipinski definition) is 0. The van der Waals surface area contributed by atoms with Crippen molar-refractivity contribution in [3.8, 4) is 96.6 Å². The highest BCUT2D eigenvalue weighted by Gasteiger charge is 2.24. The van der Waals surface area contributed by atoms with Crippen molar-refractivity contribution in [2.24, 2.45) is 0 Å². The minimum absolute atomic E-state index is 0.501. The number of aryl methyl sites for hydroxylation is 4. The zero-order chi connectivity index (χ0) is 54.0. The molecule has 0 saturated heterocycles. The molecule has 0 saturated carbocycles. The number of nitriles is 1. The second-order valence-electron chi connectivity index (χ2n) is 19.9. The van der Waals surface area contributed by atoms with Gasteiger partial charge < -0.3 is 9.13 Å². The number of hydrogen-bond acceptors (Lipinski definition) is 10. The van der Waals surface area contributed by atoms with E-state index >= 15 is 0 Å². The van der Waals surface area contributed by atoms with Crippen molar-refractivity contribution in [1.82, 2.24) is 54.0 Å². The van der Waals surface area contributed by atoms with Crippen LogP contribution >= 0.6 is 0 Å². The SMILES string of the molecule is Cc1nc(C)nc(-c2ccc3c(c2)c2ccccc2n3-c2ccc(-c3cccc(C#N)c3)cc2-c2ccc(-n3c4ccccc4c4cc(-c5nc(C)nc(C)n5)ccc43)c(-c3nc(-c4ccccc4)nc(-c4ccccc4)n3)c2)n1. The van der Waals surface area contributed by atoms with Gasteiger partial charge in [-0.2, -0.15) is 5.26 Å². The van der Waals surface area contributed by atoms with Gasteiger partial charge in [-0.1, -0.05) is 121 Å². The second kappa shape index (κ2) is 19.3. The monoisotopic (exact) mass is 1030 g/mol. The van der Waals surface area contributed by atoms with Crippen LogP contribution in [0.1, 0.15) is 28.9 Å². The van der Waals surface area contributed by atoms with E-state index in [-0.39, 0.29) is 0 Å². The third-order valence-electron chi connectivity index (χ3n) is 14.6. The number of benzene rings is 9. The first-order valence-corrected chi connectivity index (χ1v) is 26.3. The van der Waals surface area contributed by atoms with Crippen molar-refractivity contribution in [3.63, 3.8) is 0 Å². The van der Waals surface area contributed by atoms with E-state index in [2.05, 4.69) is 153 Å². The van der Waals surface area contributed by atoms with E-state index in [9.17, 15) is 5.26 Å². The molecule has 0 atom stereocenters. The average Bonchev–Trinajstić information content (AvgIpc) is 4.08. The van der Waals surface area contributed by atoms with Gasteiger partial charge in [0.05, 0.1) is 45.1 Å². The lowest BCUT2D eigenvalue weighted by Crippen LogP contribution is -2.04. The van der Waals surface area contributed by atoms with E-state index in [0.29, 0.717) is 58.0 Å². The van der Waals surface area contributed by atoms with E-state index in [1.54, 1.807) is 0 Å². The molecule has 0 aliphatic rings. The zero-order valence-corrected chi connectivity index (χ0v) is 44.0. The van der Waals surface area contributed by atoms with Crippen LogP contribution in [-0.4, -0.2) is 54.0 Å². The molecule has 14 aromatic rings. The summed E-state index contributed by atoms with van der Waals surface area (Å²) in [5.74, 6) is 5.53. The van der Waals surface area contributed by atoms with Gasteiger partial charge >= 0.3 is 0 Å². The maximum atomic E-state index is 10.1. The maximum Gasteiger partial charge on any atom is 0.166 e. The Bertz CT molecular complexity index is 4740. The van der Waals surface area contributed by atoms with Crippen molar-refractivity contribution < 1.29 is 0 Å². The lowest BCUT2D eigenvalue weighted by Gasteiger charge is -2.19. The van der Waals surface area contributed by atoms with Gasteiger partial charge in [-0.25, -0.2) is 44.9 Å². The van der Waals surface area contributed by atoms with Crippen molar-refractivity contribution in [3.05, 3.63) is 235 Å². The Kier molecular flexibility index (Phi) is 11.5. The van der Waals surface area contributed by atoms with Gasteiger partial charge in [0, 0.05) is 54.9 Å². The molecule has 0 fully saturated rings. The lowest BCUT2D eigenvalue weighted by molar-refractivity contribution is 0.928. The van der Waals surface area contributed by atoms with Crippen LogP contribution in [0.4, 0.5) is 0 Å². The molecule has 0 radical (unpaired) electrons. The fourth-order valence-electron chi connectivity index (χ4n) is 11.1. The predicted molar refractivity (Wildman–Crippen MR) is 317 cm³/mol. The smallest absolute Gasteiger partial charge is 0.166 e. The molecular weight excluding hydrogens is 985 g/mol. The molecule has 0 unspecified atom stereocenters. The summed E-state index contributed by atoms with van der Waals surface area (Å²) in [6.07, 6.45) is 0. The summed E-state index contributed by atoms with van der Waals surface area (Å²) in [5, 5.41) is 14.3. The Morgan fingerprint density at radius 3 is 1.21 bits per heavy atom. The van der Waals surface area contributed by atoms with Crippen LogP contribution in [-0.2, 0) is 0 Å².